The Labute approximate surface area is 147 Å². The van der Waals surface area contributed by atoms with Crippen molar-refractivity contribution in [2.45, 2.75) is 12.1 Å². The molecule has 0 heterocycles. The second-order valence-corrected chi connectivity index (χ2v) is 5.47. The summed E-state index contributed by atoms with van der Waals surface area (Å²) in [7, 11) is 0. The standard InChI is InChI=1S/C16H16N4O6/c17-14(15(21)10-1-5-12(6-2-10)19(23)24)9-18-16(22)11-3-7-13(8-4-11)20(25)26/h1-8,14-15,21H,9,17H2,(H,18,22)/t14-,15-/m0/s1. The van der Waals surface area contributed by atoms with Crippen LogP contribution in [0.5, 0.6) is 0 Å². The van der Waals surface area contributed by atoms with Gasteiger partial charge in [-0.25, -0.2) is 0 Å². The number of carbonyl (C=O) groups excluding carboxylic acids is 1. The predicted molar refractivity (Wildman–Crippen MR) is 91.5 cm³/mol. The third kappa shape index (κ3) is 4.59. The van der Waals surface area contributed by atoms with E-state index in [9.17, 15) is 30.1 Å². The predicted octanol–water partition coefficient (Wildman–Crippen LogP) is 1.29. The zero-order chi connectivity index (χ0) is 19.3. The van der Waals surface area contributed by atoms with Gasteiger partial charge >= 0.3 is 0 Å². The monoisotopic (exact) mass is 360 g/mol. The largest absolute Gasteiger partial charge is 0.387 e. The summed E-state index contributed by atoms with van der Waals surface area (Å²) in [6, 6.07) is 9.47. The number of non-ortho nitro benzene ring substituents is 2. The van der Waals surface area contributed by atoms with Crippen molar-refractivity contribution in [2.24, 2.45) is 5.73 Å². The van der Waals surface area contributed by atoms with Gasteiger partial charge in [-0.15, -0.1) is 0 Å². The van der Waals surface area contributed by atoms with Gasteiger partial charge in [-0.05, 0) is 29.8 Å². The molecule has 10 heteroatoms. The molecule has 26 heavy (non-hydrogen) atoms. The zero-order valence-electron chi connectivity index (χ0n) is 13.4. The molecular formula is C16H16N4O6. The highest BCUT2D eigenvalue weighted by molar-refractivity contribution is 5.94. The molecule has 0 radical (unpaired) electrons. The number of nitro benzene ring substituents is 2. The van der Waals surface area contributed by atoms with Crippen molar-refractivity contribution in [2.75, 3.05) is 6.54 Å². The molecular weight excluding hydrogens is 344 g/mol. The Bertz CT molecular complexity index is 806. The molecule has 10 nitrogen and oxygen atoms in total. The van der Waals surface area contributed by atoms with E-state index in [1.54, 1.807) is 0 Å². The Kier molecular flexibility index (Phi) is 5.94. The molecule has 2 aromatic rings. The molecule has 4 N–H and O–H groups in total. The lowest BCUT2D eigenvalue weighted by Gasteiger charge is -2.19. The summed E-state index contributed by atoms with van der Waals surface area (Å²) >= 11 is 0. The lowest BCUT2D eigenvalue weighted by Crippen LogP contribution is -2.41. The van der Waals surface area contributed by atoms with E-state index >= 15 is 0 Å². The number of aliphatic hydroxyl groups excluding tert-OH is 1. The van der Waals surface area contributed by atoms with Crippen LogP contribution in [0.3, 0.4) is 0 Å². The number of rotatable bonds is 7. The third-order valence-corrected chi connectivity index (χ3v) is 3.69. The Balaban J connectivity index is 1.94. The van der Waals surface area contributed by atoms with Crippen LogP contribution in [0, 0.1) is 20.2 Å². The van der Waals surface area contributed by atoms with Crippen LogP contribution in [0.25, 0.3) is 0 Å². The summed E-state index contributed by atoms with van der Waals surface area (Å²) in [5.41, 5.74) is 6.20. The summed E-state index contributed by atoms with van der Waals surface area (Å²) in [5, 5.41) is 33.9. The number of hydrogen-bond donors (Lipinski definition) is 3. The molecule has 0 spiro atoms. The second kappa shape index (κ2) is 8.14. The van der Waals surface area contributed by atoms with Gasteiger partial charge in [-0.1, -0.05) is 0 Å². The van der Waals surface area contributed by atoms with Crippen LogP contribution in [0.1, 0.15) is 22.0 Å². The first-order valence-electron chi connectivity index (χ1n) is 7.50. The summed E-state index contributed by atoms with van der Waals surface area (Å²) < 4.78 is 0. The number of amides is 1. The SMILES string of the molecule is N[C@@H](CNC(=O)c1ccc([N+](=O)[O-])cc1)[C@@H](O)c1ccc([N+](=O)[O-])cc1. The summed E-state index contributed by atoms with van der Waals surface area (Å²) in [6.07, 6.45) is -1.13. The maximum absolute atomic E-state index is 12.0. The summed E-state index contributed by atoms with van der Waals surface area (Å²) in [5.74, 6) is -0.494. The molecule has 2 aromatic carbocycles. The van der Waals surface area contributed by atoms with Gasteiger partial charge in [0.15, 0.2) is 0 Å². The quantitative estimate of drug-likeness (QED) is 0.495. The van der Waals surface area contributed by atoms with Crippen LogP contribution >= 0.6 is 0 Å². The molecule has 136 valence electrons. The average molecular weight is 360 g/mol. The topological polar surface area (TPSA) is 162 Å². The molecule has 2 rings (SSSR count). The van der Waals surface area contributed by atoms with Gasteiger partial charge < -0.3 is 16.2 Å². The van der Waals surface area contributed by atoms with Crippen molar-refractivity contribution in [1.29, 1.82) is 0 Å². The molecule has 0 fully saturated rings. The van der Waals surface area contributed by atoms with Crippen LogP contribution in [-0.2, 0) is 0 Å². The third-order valence-electron chi connectivity index (χ3n) is 3.69. The minimum atomic E-state index is -1.13. The van der Waals surface area contributed by atoms with Gasteiger partial charge in [0.25, 0.3) is 17.3 Å². The Morgan fingerprint density at radius 1 is 1.00 bits per heavy atom. The molecule has 1 amide bonds. The number of benzene rings is 2. The van der Waals surface area contributed by atoms with Crippen LogP contribution in [-0.4, -0.2) is 33.4 Å². The highest BCUT2D eigenvalue weighted by Gasteiger charge is 2.19. The van der Waals surface area contributed by atoms with Gasteiger partial charge in [0.2, 0.25) is 0 Å². The van der Waals surface area contributed by atoms with E-state index in [4.69, 9.17) is 5.73 Å². The van der Waals surface area contributed by atoms with E-state index in [0.717, 1.165) is 0 Å². The molecule has 0 aliphatic rings. The van der Waals surface area contributed by atoms with Crippen LogP contribution in [0.2, 0.25) is 0 Å². The minimum absolute atomic E-state index is 0.0615. The van der Waals surface area contributed by atoms with E-state index in [1.807, 2.05) is 0 Å². The van der Waals surface area contributed by atoms with E-state index in [-0.39, 0.29) is 23.5 Å². The molecule has 0 saturated heterocycles. The minimum Gasteiger partial charge on any atom is -0.387 e. The van der Waals surface area contributed by atoms with E-state index in [0.29, 0.717) is 5.56 Å². The lowest BCUT2D eigenvalue weighted by atomic mass is 10.0. The van der Waals surface area contributed by atoms with Crippen molar-refractivity contribution in [3.8, 4) is 0 Å². The first kappa shape index (κ1) is 19.0. The van der Waals surface area contributed by atoms with E-state index in [2.05, 4.69) is 5.32 Å². The zero-order valence-corrected chi connectivity index (χ0v) is 13.4. The Morgan fingerprint density at radius 2 is 1.46 bits per heavy atom. The second-order valence-electron chi connectivity index (χ2n) is 5.47. The Hall–Kier alpha value is -3.37. The molecule has 0 aliphatic heterocycles. The molecule has 0 unspecified atom stereocenters. The van der Waals surface area contributed by atoms with Gasteiger partial charge in [0, 0.05) is 36.4 Å². The van der Waals surface area contributed by atoms with E-state index in [1.165, 1.54) is 48.5 Å². The average Bonchev–Trinajstić information content (AvgIpc) is 2.65. The summed E-state index contributed by atoms with van der Waals surface area (Å²) in [6.45, 7) is -0.0615. The van der Waals surface area contributed by atoms with Crippen molar-refractivity contribution in [3.05, 3.63) is 79.9 Å². The van der Waals surface area contributed by atoms with Crippen LogP contribution < -0.4 is 11.1 Å². The number of nitrogens with zero attached hydrogens (tertiary/aromatic N) is 2. The fourth-order valence-electron chi connectivity index (χ4n) is 2.20. The van der Waals surface area contributed by atoms with Gasteiger partial charge in [0.1, 0.15) is 0 Å². The first-order valence-corrected chi connectivity index (χ1v) is 7.50. The van der Waals surface area contributed by atoms with Crippen LogP contribution in [0.15, 0.2) is 48.5 Å². The molecule has 2 atom stereocenters. The van der Waals surface area contributed by atoms with Gasteiger partial charge in [-0.3, -0.25) is 25.0 Å². The fraction of sp³-hybridized carbons (Fsp3) is 0.188. The maximum Gasteiger partial charge on any atom is 0.269 e. The maximum atomic E-state index is 12.0. The highest BCUT2D eigenvalue weighted by Crippen LogP contribution is 2.19. The number of nitrogens with one attached hydrogen (secondary N) is 1. The van der Waals surface area contributed by atoms with E-state index < -0.39 is 27.9 Å². The normalized spacial score (nSPS) is 12.8. The van der Waals surface area contributed by atoms with Crippen molar-refractivity contribution in [1.82, 2.24) is 5.32 Å². The summed E-state index contributed by atoms with van der Waals surface area (Å²) in [4.78, 5) is 32.1. The number of aliphatic hydroxyl groups is 1. The van der Waals surface area contributed by atoms with Crippen molar-refractivity contribution < 1.29 is 19.7 Å². The van der Waals surface area contributed by atoms with Crippen LogP contribution in [0.4, 0.5) is 11.4 Å². The highest BCUT2D eigenvalue weighted by atomic mass is 16.6. The smallest absolute Gasteiger partial charge is 0.269 e. The lowest BCUT2D eigenvalue weighted by molar-refractivity contribution is -0.385. The molecule has 0 aliphatic carbocycles. The molecule has 0 aromatic heterocycles. The number of carbonyl (C=O) groups is 1. The van der Waals surface area contributed by atoms with Crippen molar-refractivity contribution in [3.63, 3.8) is 0 Å². The number of hydrogen-bond acceptors (Lipinski definition) is 7. The van der Waals surface area contributed by atoms with Gasteiger partial charge in [0.05, 0.1) is 22.0 Å². The number of nitrogens with two attached hydrogens (primary N) is 1. The fourth-order valence-corrected chi connectivity index (χ4v) is 2.20. The van der Waals surface area contributed by atoms with Gasteiger partial charge in [-0.2, -0.15) is 0 Å². The molecule has 0 bridgehead atoms. The molecule has 0 saturated carbocycles. The Morgan fingerprint density at radius 3 is 1.92 bits per heavy atom. The first-order chi connectivity index (χ1) is 12.3. The number of nitro groups is 2. The van der Waals surface area contributed by atoms with Crippen molar-refractivity contribution >= 4 is 17.3 Å².